The highest BCUT2D eigenvalue weighted by Crippen LogP contribution is 2.32. The molecule has 2 aromatic rings. The predicted molar refractivity (Wildman–Crippen MR) is 71.0 cm³/mol. The lowest BCUT2D eigenvalue weighted by atomic mass is 10.2. The molecule has 0 aliphatic heterocycles. The number of nitrogens with zero attached hydrogens (tertiary/aromatic N) is 2. The fraction of sp³-hybridized carbons (Fsp3) is 0.143. The van der Waals surface area contributed by atoms with E-state index in [9.17, 15) is 0 Å². The molecule has 5 heteroatoms. The Labute approximate surface area is 111 Å². The van der Waals surface area contributed by atoms with Gasteiger partial charge in [0, 0.05) is 0 Å². The molecule has 96 valence electrons. The van der Waals surface area contributed by atoms with Crippen LogP contribution in [0.3, 0.4) is 0 Å². The summed E-state index contributed by atoms with van der Waals surface area (Å²) in [6.45, 7) is 2.42. The predicted octanol–water partition coefficient (Wildman–Crippen LogP) is 2.73. The minimum Gasteiger partial charge on any atom is -0.490 e. The van der Waals surface area contributed by atoms with Crippen LogP contribution in [0.25, 0.3) is 0 Å². The van der Waals surface area contributed by atoms with Gasteiger partial charge in [0.25, 0.3) is 0 Å². The highest BCUT2D eigenvalue weighted by atomic mass is 16.5. The molecule has 1 heterocycles. The fourth-order valence-electron chi connectivity index (χ4n) is 1.54. The highest BCUT2D eigenvalue weighted by molar-refractivity contribution is 5.51. The van der Waals surface area contributed by atoms with E-state index in [1.54, 1.807) is 12.1 Å². The van der Waals surface area contributed by atoms with Gasteiger partial charge >= 0.3 is 0 Å². The first kappa shape index (κ1) is 12.7. The topological polar surface area (TPSA) is 81.2 Å². The molecule has 0 fully saturated rings. The number of hydrogen-bond acceptors (Lipinski definition) is 5. The third-order valence-corrected chi connectivity index (χ3v) is 2.35. The maximum absolute atomic E-state index is 9.04. The van der Waals surface area contributed by atoms with E-state index in [0.29, 0.717) is 23.8 Å². The maximum atomic E-state index is 9.04. The Morgan fingerprint density at radius 3 is 2.74 bits per heavy atom. The van der Waals surface area contributed by atoms with Crippen molar-refractivity contribution in [3.05, 3.63) is 42.1 Å². The molecule has 5 nitrogen and oxygen atoms in total. The molecule has 0 bridgehead atoms. The molecule has 0 atom stereocenters. The summed E-state index contributed by atoms with van der Waals surface area (Å²) in [7, 11) is 0. The van der Waals surface area contributed by atoms with E-state index in [4.69, 9.17) is 20.5 Å². The first-order chi connectivity index (χ1) is 9.24. The largest absolute Gasteiger partial charge is 0.490 e. The van der Waals surface area contributed by atoms with E-state index in [1.807, 2.05) is 25.1 Å². The first-order valence-corrected chi connectivity index (χ1v) is 5.80. The number of nitrogen functional groups attached to an aromatic ring is 1. The third kappa shape index (κ3) is 2.93. The average Bonchev–Trinajstić information content (AvgIpc) is 2.43. The maximum Gasteiger partial charge on any atom is 0.237 e. The number of pyridine rings is 1. The molecule has 0 unspecified atom stereocenters. The molecule has 0 spiro atoms. The molecule has 2 rings (SSSR count). The SMILES string of the molecule is CCOc1ccccc1Oc1ncc(N)cc1C#N. The van der Waals surface area contributed by atoms with Crippen LogP contribution in [-0.4, -0.2) is 11.6 Å². The summed E-state index contributed by atoms with van der Waals surface area (Å²) < 4.78 is 11.1. The van der Waals surface area contributed by atoms with Crippen LogP contribution in [0.4, 0.5) is 5.69 Å². The third-order valence-electron chi connectivity index (χ3n) is 2.35. The second-order valence-corrected chi connectivity index (χ2v) is 3.71. The van der Waals surface area contributed by atoms with Gasteiger partial charge in [0.1, 0.15) is 11.6 Å². The second kappa shape index (κ2) is 5.74. The molecule has 0 aliphatic rings. The van der Waals surface area contributed by atoms with Gasteiger partial charge < -0.3 is 15.2 Å². The summed E-state index contributed by atoms with van der Waals surface area (Å²) in [5.41, 5.74) is 6.28. The first-order valence-electron chi connectivity index (χ1n) is 5.80. The van der Waals surface area contributed by atoms with Crippen LogP contribution in [0.5, 0.6) is 17.4 Å². The second-order valence-electron chi connectivity index (χ2n) is 3.71. The fourth-order valence-corrected chi connectivity index (χ4v) is 1.54. The standard InChI is InChI=1S/C14H13N3O2/c1-2-18-12-5-3-4-6-13(12)19-14-10(8-15)7-11(16)9-17-14/h3-7,9H,2,16H2,1H3. The lowest BCUT2D eigenvalue weighted by Gasteiger charge is -2.11. The molecule has 0 amide bonds. The number of nitriles is 1. The number of nitrogens with two attached hydrogens (primary N) is 1. The quantitative estimate of drug-likeness (QED) is 0.908. The molecule has 0 saturated heterocycles. The minimum absolute atomic E-state index is 0.212. The van der Waals surface area contributed by atoms with Crippen LogP contribution in [-0.2, 0) is 0 Å². The van der Waals surface area contributed by atoms with Crippen molar-refractivity contribution in [1.29, 1.82) is 5.26 Å². The van der Waals surface area contributed by atoms with E-state index in [-0.39, 0.29) is 11.4 Å². The van der Waals surface area contributed by atoms with Crippen LogP contribution in [0.2, 0.25) is 0 Å². The summed E-state index contributed by atoms with van der Waals surface area (Å²) in [5.74, 6) is 1.33. The van der Waals surface area contributed by atoms with Crippen molar-refractivity contribution < 1.29 is 9.47 Å². The lowest BCUT2D eigenvalue weighted by Crippen LogP contribution is -1.98. The minimum atomic E-state index is 0.212. The lowest BCUT2D eigenvalue weighted by molar-refractivity contribution is 0.319. The zero-order valence-corrected chi connectivity index (χ0v) is 10.5. The van der Waals surface area contributed by atoms with Gasteiger partial charge in [-0.05, 0) is 25.1 Å². The summed E-state index contributed by atoms with van der Waals surface area (Å²) in [6.07, 6.45) is 1.44. The number of anilines is 1. The van der Waals surface area contributed by atoms with Gasteiger partial charge in [-0.3, -0.25) is 0 Å². The number of ether oxygens (including phenoxy) is 2. The van der Waals surface area contributed by atoms with Gasteiger partial charge in [-0.15, -0.1) is 0 Å². The van der Waals surface area contributed by atoms with Gasteiger partial charge in [-0.1, -0.05) is 12.1 Å². The van der Waals surface area contributed by atoms with Crippen LogP contribution in [0.15, 0.2) is 36.5 Å². The van der Waals surface area contributed by atoms with Gasteiger partial charge in [0.15, 0.2) is 11.5 Å². The van der Waals surface area contributed by atoms with Gasteiger partial charge in [-0.25, -0.2) is 4.98 Å². The average molecular weight is 255 g/mol. The molecule has 0 radical (unpaired) electrons. The van der Waals surface area contributed by atoms with E-state index >= 15 is 0 Å². The summed E-state index contributed by atoms with van der Waals surface area (Å²) in [6, 6.07) is 10.7. The van der Waals surface area contributed by atoms with Crippen LogP contribution in [0.1, 0.15) is 12.5 Å². The van der Waals surface area contributed by atoms with Crippen molar-refractivity contribution in [2.75, 3.05) is 12.3 Å². The molecule has 1 aromatic heterocycles. The molecular formula is C14H13N3O2. The Morgan fingerprint density at radius 1 is 1.32 bits per heavy atom. The molecule has 0 aliphatic carbocycles. The van der Waals surface area contributed by atoms with E-state index in [2.05, 4.69) is 4.98 Å². The molecular weight excluding hydrogens is 242 g/mol. The Morgan fingerprint density at radius 2 is 2.05 bits per heavy atom. The molecule has 2 N–H and O–H groups in total. The van der Waals surface area contributed by atoms with Crippen molar-refractivity contribution in [1.82, 2.24) is 4.98 Å². The number of benzene rings is 1. The van der Waals surface area contributed by atoms with Crippen LogP contribution in [0, 0.1) is 11.3 Å². The van der Waals surface area contributed by atoms with Crippen LogP contribution < -0.4 is 15.2 Å². The molecule has 19 heavy (non-hydrogen) atoms. The number of aromatic nitrogens is 1. The molecule has 1 aromatic carbocycles. The zero-order valence-electron chi connectivity index (χ0n) is 10.5. The van der Waals surface area contributed by atoms with Crippen molar-refractivity contribution in [3.63, 3.8) is 0 Å². The van der Waals surface area contributed by atoms with Gasteiger partial charge in [-0.2, -0.15) is 5.26 Å². The van der Waals surface area contributed by atoms with Crippen molar-refractivity contribution in [2.24, 2.45) is 0 Å². The number of rotatable bonds is 4. The Hall–Kier alpha value is -2.74. The summed E-state index contributed by atoms with van der Waals surface area (Å²) >= 11 is 0. The summed E-state index contributed by atoms with van der Waals surface area (Å²) in [4.78, 5) is 4.02. The van der Waals surface area contributed by atoms with Crippen molar-refractivity contribution >= 4 is 5.69 Å². The summed E-state index contributed by atoms with van der Waals surface area (Å²) in [5, 5.41) is 9.04. The Balaban J connectivity index is 2.34. The zero-order chi connectivity index (χ0) is 13.7. The van der Waals surface area contributed by atoms with Gasteiger partial charge in [0.05, 0.1) is 18.5 Å². The van der Waals surface area contributed by atoms with E-state index in [1.165, 1.54) is 12.3 Å². The number of para-hydroxylation sites is 2. The van der Waals surface area contributed by atoms with Gasteiger partial charge in [0.2, 0.25) is 5.88 Å². The highest BCUT2D eigenvalue weighted by Gasteiger charge is 2.10. The number of hydrogen-bond donors (Lipinski definition) is 1. The Bertz CT molecular complexity index is 620. The normalized spacial score (nSPS) is 9.68. The van der Waals surface area contributed by atoms with Crippen molar-refractivity contribution in [3.8, 4) is 23.4 Å². The smallest absolute Gasteiger partial charge is 0.237 e. The van der Waals surface area contributed by atoms with E-state index < -0.39 is 0 Å². The Kier molecular flexibility index (Phi) is 3.84. The van der Waals surface area contributed by atoms with Crippen LogP contribution >= 0.6 is 0 Å². The van der Waals surface area contributed by atoms with E-state index in [0.717, 1.165) is 0 Å². The monoisotopic (exact) mass is 255 g/mol. The van der Waals surface area contributed by atoms with Crippen molar-refractivity contribution in [2.45, 2.75) is 6.92 Å². The molecule has 0 saturated carbocycles.